The molecule has 0 amide bonds. The molecule has 1 aliphatic rings. The van der Waals surface area contributed by atoms with E-state index in [9.17, 15) is 9.59 Å². The van der Waals surface area contributed by atoms with Crippen LogP contribution < -0.4 is 10.5 Å². The fraction of sp³-hybridized carbons (Fsp3) is 0.393. The number of aromatic nitrogens is 4. The zero-order valence-electron chi connectivity index (χ0n) is 22.2. The summed E-state index contributed by atoms with van der Waals surface area (Å²) in [5.41, 5.74) is 7.32. The van der Waals surface area contributed by atoms with Gasteiger partial charge in [-0.1, -0.05) is 33.8 Å². The lowest BCUT2D eigenvalue weighted by Crippen LogP contribution is -2.42. The Balaban J connectivity index is 1.49. The first-order valence-corrected chi connectivity index (χ1v) is 12.8. The number of anilines is 1. The van der Waals surface area contributed by atoms with E-state index in [1.807, 2.05) is 30.3 Å². The molecule has 0 aliphatic carbocycles. The zero-order valence-corrected chi connectivity index (χ0v) is 22.2. The van der Waals surface area contributed by atoms with Crippen LogP contribution in [0.15, 0.2) is 55.1 Å². The van der Waals surface area contributed by atoms with Crippen LogP contribution >= 0.6 is 0 Å². The summed E-state index contributed by atoms with van der Waals surface area (Å²) in [4.78, 5) is 38.3. The number of ether oxygens (including phenoxy) is 4. The van der Waals surface area contributed by atoms with Gasteiger partial charge in [0.05, 0.1) is 22.7 Å². The van der Waals surface area contributed by atoms with Crippen molar-refractivity contribution in [2.75, 3.05) is 12.3 Å². The van der Waals surface area contributed by atoms with Crippen molar-refractivity contribution >= 4 is 39.7 Å². The summed E-state index contributed by atoms with van der Waals surface area (Å²) in [5, 5.41) is 1.60. The van der Waals surface area contributed by atoms with Crippen molar-refractivity contribution in [1.29, 1.82) is 0 Å². The second-order valence-electron chi connectivity index (χ2n) is 10.1. The first kappa shape index (κ1) is 26.4. The molecule has 0 radical (unpaired) electrons. The Labute approximate surface area is 225 Å². The van der Waals surface area contributed by atoms with Crippen LogP contribution in [-0.2, 0) is 23.8 Å². The molecule has 3 aromatic heterocycles. The van der Waals surface area contributed by atoms with E-state index in [-0.39, 0.29) is 6.61 Å². The van der Waals surface area contributed by atoms with E-state index in [2.05, 4.69) is 15.0 Å². The van der Waals surface area contributed by atoms with E-state index < -0.39 is 48.3 Å². The van der Waals surface area contributed by atoms with Crippen LogP contribution in [0.3, 0.4) is 0 Å². The molecule has 0 spiro atoms. The van der Waals surface area contributed by atoms with Crippen LogP contribution in [0.2, 0.25) is 0 Å². The first-order valence-electron chi connectivity index (χ1n) is 12.8. The van der Waals surface area contributed by atoms with Crippen LogP contribution in [0.25, 0.3) is 21.9 Å². The van der Waals surface area contributed by atoms with Crippen LogP contribution in [0, 0.1) is 11.8 Å². The van der Waals surface area contributed by atoms with E-state index in [1.54, 1.807) is 50.7 Å². The average molecular weight is 534 g/mol. The Morgan fingerprint density at radius 1 is 1.00 bits per heavy atom. The van der Waals surface area contributed by atoms with Crippen molar-refractivity contribution < 1.29 is 28.5 Å². The number of pyridine rings is 1. The maximum atomic E-state index is 12.8. The average Bonchev–Trinajstić information content (AvgIpc) is 3.49. The lowest BCUT2D eigenvalue weighted by Gasteiger charge is -2.26. The SMILES string of the molecule is CC(C)C(=O)O[C@@H]1[C@H](OC(=O)C(C)C)[C@@H](COc2ccc3cccnc3c2)O[C@H]1n1ccc2c(N)ncnc21. The third kappa shape index (κ3) is 5.35. The Bertz CT molecular complexity index is 1500. The fourth-order valence-corrected chi connectivity index (χ4v) is 4.38. The summed E-state index contributed by atoms with van der Waals surface area (Å²) in [6, 6.07) is 11.2. The van der Waals surface area contributed by atoms with Gasteiger partial charge in [0.2, 0.25) is 0 Å². The van der Waals surface area contributed by atoms with Gasteiger partial charge in [-0.25, -0.2) is 9.97 Å². The molecule has 4 aromatic rings. The first-order chi connectivity index (χ1) is 18.7. The summed E-state index contributed by atoms with van der Waals surface area (Å²) in [6.07, 6.45) is 1.25. The highest BCUT2D eigenvalue weighted by atomic mass is 16.7. The van der Waals surface area contributed by atoms with Gasteiger partial charge in [0.1, 0.15) is 36.3 Å². The van der Waals surface area contributed by atoms with E-state index in [0.717, 1.165) is 10.9 Å². The third-order valence-corrected chi connectivity index (χ3v) is 6.54. The Morgan fingerprint density at radius 2 is 1.74 bits per heavy atom. The van der Waals surface area contributed by atoms with Crippen molar-refractivity contribution in [3.05, 3.63) is 55.1 Å². The minimum Gasteiger partial charge on any atom is -0.491 e. The van der Waals surface area contributed by atoms with E-state index in [4.69, 9.17) is 24.7 Å². The molecule has 0 unspecified atom stereocenters. The van der Waals surface area contributed by atoms with Crippen molar-refractivity contribution in [2.45, 2.75) is 52.2 Å². The number of rotatable bonds is 8. The summed E-state index contributed by atoms with van der Waals surface area (Å²) in [5.74, 6) is -0.832. The number of nitrogens with two attached hydrogens (primary N) is 1. The van der Waals surface area contributed by atoms with Crippen LogP contribution in [0.5, 0.6) is 5.75 Å². The zero-order chi connectivity index (χ0) is 27.7. The lowest BCUT2D eigenvalue weighted by atomic mass is 10.1. The molecule has 204 valence electrons. The van der Waals surface area contributed by atoms with Crippen molar-refractivity contribution in [3.8, 4) is 5.75 Å². The van der Waals surface area contributed by atoms with Crippen molar-refractivity contribution in [3.63, 3.8) is 0 Å². The molecule has 2 N–H and O–H groups in total. The minimum atomic E-state index is -0.971. The minimum absolute atomic E-state index is 0.0247. The molecule has 11 heteroatoms. The van der Waals surface area contributed by atoms with E-state index in [1.165, 1.54) is 6.33 Å². The molecular weight excluding hydrogens is 502 g/mol. The van der Waals surface area contributed by atoms with Crippen molar-refractivity contribution in [2.24, 2.45) is 11.8 Å². The third-order valence-electron chi connectivity index (χ3n) is 6.54. The number of esters is 2. The molecule has 5 rings (SSSR count). The number of fused-ring (bicyclic) bond motifs is 2. The maximum absolute atomic E-state index is 12.8. The second kappa shape index (κ2) is 10.9. The summed E-state index contributed by atoms with van der Waals surface area (Å²) >= 11 is 0. The molecule has 39 heavy (non-hydrogen) atoms. The van der Waals surface area contributed by atoms with Crippen LogP contribution in [0.4, 0.5) is 5.82 Å². The molecule has 4 heterocycles. The fourth-order valence-electron chi connectivity index (χ4n) is 4.38. The van der Waals surface area contributed by atoms with Crippen LogP contribution in [-0.4, -0.2) is 56.4 Å². The maximum Gasteiger partial charge on any atom is 0.308 e. The Kier molecular flexibility index (Phi) is 7.34. The largest absolute Gasteiger partial charge is 0.491 e. The molecule has 0 saturated carbocycles. The van der Waals surface area contributed by atoms with Gasteiger partial charge in [0.15, 0.2) is 18.4 Å². The monoisotopic (exact) mass is 533 g/mol. The highest BCUT2D eigenvalue weighted by Crippen LogP contribution is 2.37. The Hall–Kier alpha value is -4.25. The highest BCUT2D eigenvalue weighted by Gasteiger charge is 2.51. The predicted octanol–water partition coefficient (Wildman–Crippen LogP) is 3.67. The summed E-state index contributed by atoms with van der Waals surface area (Å²) in [7, 11) is 0. The molecule has 4 atom stereocenters. The quantitative estimate of drug-likeness (QED) is 0.334. The summed E-state index contributed by atoms with van der Waals surface area (Å²) < 4.78 is 26.0. The van der Waals surface area contributed by atoms with Crippen LogP contribution in [0.1, 0.15) is 33.9 Å². The molecule has 0 bridgehead atoms. The highest BCUT2D eigenvalue weighted by molar-refractivity contribution is 5.86. The lowest BCUT2D eigenvalue weighted by molar-refractivity contribution is -0.172. The van der Waals surface area contributed by atoms with E-state index in [0.29, 0.717) is 22.6 Å². The van der Waals surface area contributed by atoms with Gasteiger partial charge in [0.25, 0.3) is 0 Å². The molecule has 1 saturated heterocycles. The number of hydrogen-bond donors (Lipinski definition) is 1. The van der Waals surface area contributed by atoms with Gasteiger partial charge in [-0.05, 0) is 24.3 Å². The second-order valence-corrected chi connectivity index (χ2v) is 10.1. The van der Waals surface area contributed by atoms with Gasteiger partial charge >= 0.3 is 11.9 Å². The molecule has 1 aromatic carbocycles. The number of benzene rings is 1. The molecular formula is C28H31N5O6. The molecule has 1 aliphatic heterocycles. The number of nitrogens with zero attached hydrogens (tertiary/aromatic N) is 4. The smallest absolute Gasteiger partial charge is 0.308 e. The van der Waals surface area contributed by atoms with Gasteiger partial charge in [-0.3, -0.25) is 14.6 Å². The van der Waals surface area contributed by atoms with Gasteiger partial charge in [-0.15, -0.1) is 0 Å². The van der Waals surface area contributed by atoms with E-state index >= 15 is 0 Å². The number of carbonyl (C=O) groups is 2. The van der Waals surface area contributed by atoms with Gasteiger partial charge in [0, 0.05) is 23.8 Å². The van der Waals surface area contributed by atoms with Gasteiger partial charge < -0.3 is 29.2 Å². The standard InChI is InChI=1S/C28H31N5O6/c1-15(2)27(34)38-22-21(13-36-18-8-7-17-6-5-10-30-20(17)12-18)37-26(23(22)39-28(35)16(3)4)33-11-9-19-24(29)31-14-32-25(19)33/h5-12,14-16,21-23,26H,13H2,1-4H3,(H2,29,31,32)/t21-,22-,23-,26-/m1/s1. The number of carbonyl (C=O) groups excluding carboxylic acids is 2. The van der Waals surface area contributed by atoms with Gasteiger partial charge in [-0.2, -0.15) is 0 Å². The predicted molar refractivity (Wildman–Crippen MR) is 143 cm³/mol. The molecule has 11 nitrogen and oxygen atoms in total. The molecule has 1 fully saturated rings. The number of nitrogen functional groups attached to an aromatic ring is 1. The topological polar surface area (TPSA) is 141 Å². The summed E-state index contributed by atoms with van der Waals surface area (Å²) in [6.45, 7) is 6.96. The van der Waals surface area contributed by atoms with Crippen molar-refractivity contribution in [1.82, 2.24) is 19.5 Å². The Morgan fingerprint density at radius 3 is 2.49 bits per heavy atom. The number of hydrogen-bond acceptors (Lipinski definition) is 10. The normalized spacial score (nSPS) is 21.1.